The zero-order valence-corrected chi connectivity index (χ0v) is 14.3. The molecular formula is C16H21NO3S2. The second kappa shape index (κ2) is 9.10. The molecule has 1 saturated heterocycles. The van der Waals surface area contributed by atoms with Crippen molar-refractivity contribution in [2.24, 2.45) is 0 Å². The molecule has 6 heteroatoms. The summed E-state index contributed by atoms with van der Waals surface area (Å²) in [6, 6.07) is 10.1. The standard InChI is InChI=1S/C16H21NO3S2/c1-20-16(19)12-22-14-7-9-17(11-14)15(18)8-10-21-13-5-3-2-4-6-13/h2-6,14H,7-12H2,1H3/t14-/m1/s1. The molecule has 4 nitrogen and oxygen atoms in total. The number of carbonyl (C=O) groups excluding carboxylic acids is 2. The monoisotopic (exact) mass is 339 g/mol. The Morgan fingerprint density at radius 2 is 2.09 bits per heavy atom. The Morgan fingerprint density at radius 1 is 1.32 bits per heavy atom. The normalized spacial score (nSPS) is 17.5. The van der Waals surface area contributed by atoms with Crippen LogP contribution >= 0.6 is 23.5 Å². The number of thioether (sulfide) groups is 2. The van der Waals surface area contributed by atoms with Gasteiger partial charge in [-0.25, -0.2) is 0 Å². The maximum absolute atomic E-state index is 12.2. The van der Waals surface area contributed by atoms with E-state index in [0.29, 0.717) is 17.4 Å². The molecule has 0 aromatic heterocycles. The summed E-state index contributed by atoms with van der Waals surface area (Å²) in [5.41, 5.74) is 0. The molecule has 1 aliphatic rings. The Hall–Kier alpha value is -1.14. The highest BCUT2D eigenvalue weighted by Gasteiger charge is 2.26. The van der Waals surface area contributed by atoms with Crippen LogP contribution in [0.2, 0.25) is 0 Å². The molecule has 0 aliphatic carbocycles. The van der Waals surface area contributed by atoms with E-state index < -0.39 is 0 Å². The Morgan fingerprint density at radius 3 is 2.82 bits per heavy atom. The quantitative estimate of drug-likeness (QED) is 0.564. The highest BCUT2D eigenvalue weighted by atomic mass is 32.2. The van der Waals surface area contributed by atoms with Gasteiger partial charge in [0, 0.05) is 35.4 Å². The van der Waals surface area contributed by atoms with Crippen LogP contribution in [0.1, 0.15) is 12.8 Å². The fourth-order valence-electron chi connectivity index (χ4n) is 2.27. The van der Waals surface area contributed by atoms with Gasteiger partial charge in [-0.05, 0) is 18.6 Å². The van der Waals surface area contributed by atoms with Gasteiger partial charge in [0.25, 0.3) is 0 Å². The average Bonchev–Trinajstić information content (AvgIpc) is 3.02. The molecule has 0 radical (unpaired) electrons. The number of nitrogens with zero attached hydrogens (tertiary/aromatic N) is 1. The molecule has 1 amide bonds. The summed E-state index contributed by atoms with van der Waals surface area (Å²) in [5, 5.41) is 0.352. The summed E-state index contributed by atoms with van der Waals surface area (Å²) in [4.78, 5) is 26.4. The summed E-state index contributed by atoms with van der Waals surface area (Å²) >= 11 is 3.30. The lowest BCUT2D eigenvalue weighted by molar-refractivity contribution is -0.137. The van der Waals surface area contributed by atoms with E-state index in [1.165, 1.54) is 12.0 Å². The minimum atomic E-state index is -0.200. The Labute approximate surface area is 140 Å². The maximum atomic E-state index is 12.2. The van der Waals surface area contributed by atoms with Crippen molar-refractivity contribution in [3.05, 3.63) is 30.3 Å². The van der Waals surface area contributed by atoms with Crippen LogP contribution in [0, 0.1) is 0 Å². The molecule has 22 heavy (non-hydrogen) atoms. The number of amides is 1. The van der Waals surface area contributed by atoms with Gasteiger partial charge in [-0.1, -0.05) is 18.2 Å². The van der Waals surface area contributed by atoms with Crippen LogP contribution in [0.25, 0.3) is 0 Å². The number of rotatable bonds is 7. The first-order valence-electron chi connectivity index (χ1n) is 7.33. The lowest BCUT2D eigenvalue weighted by Gasteiger charge is -2.16. The topological polar surface area (TPSA) is 46.6 Å². The first-order chi connectivity index (χ1) is 10.7. The smallest absolute Gasteiger partial charge is 0.315 e. The average molecular weight is 339 g/mol. The van der Waals surface area contributed by atoms with Gasteiger partial charge in [0.15, 0.2) is 0 Å². The fraction of sp³-hybridized carbons (Fsp3) is 0.500. The van der Waals surface area contributed by atoms with Gasteiger partial charge in [-0.2, -0.15) is 0 Å². The van der Waals surface area contributed by atoms with Crippen LogP contribution in [0.15, 0.2) is 35.2 Å². The molecule has 1 atom stereocenters. The molecule has 1 fully saturated rings. The van der Waals surface area contributed by atoms with Gasteiger partial charge >= 0.3 is 5.97 Å². The van der Waals surface area contributed by atoms with E-state index in [2.05, 4.69) is 16.9 Å². The molecule has 2 rings (SSSR count). The number of carbonyl (C=O) groups is 2. The van der Waals surface area contributed by atoms with Gasteiger partial charge in [0.2, 0.25) is 5.91 Å². The lowest BCUT2D eigenvalue weighted by Crippen LogP contribution is -2.29. The zero-order valence-electron chi connectivity index (χ0n) is 12.7. The van der Waals surface area contributed by atoms with Gasteiger partial charge in [-0.3, -0.25) is 9.59 Å². The number of esters is 1. The molecule has 0 N–H and O–H groups in total. The van der Waals surface area contributed by atoms with Crippen molar-refractivity contribution in [1.29, 1.82) is 0 Å². The summed E-state index contributed by atoms with van der Waals surface area (Å²) in [6.45, 7) is 1.55. The number of hydrogen-bond acceptors (Lipinski definition) is 5. The number of ether oxygens (including phenoxy) is 1. The molecule has 1 aromatic rings. The van der Waals surface area contributed by atoms with Crippen LogP contribution in [0.5, 0.6) is 0 Å². The first-order valence-corrected chi connectivity index (χ1v) is 9.36. The molecule has 0 saturated carbocycles. The van der Waals surface area contributed by atoms with Crippen LogP contribution in [-0.2, 0) is 14.3 Å². The molecule has 0 spiro atoms. The van der Waals surface area contributed by atoms with E-state index in [4.69, 9.17) is 0 Å². The van der Waals surface area contributed by atoms with Crippen molar-refractivity contribution in [3.8, 4) is 0 Å². The van der Waals surface area contributed by atoms with E-state index in [0.717, 1.165) is 25.3 Å². The minimum absolute atomic E-state index is 0.200. The Balaban J connectivity index is 1.65. The summed E-state index contributed by atoms with van der Waals surface area (Å²) in [5.74, 6) is 1.19. The molecule has 1 aromatic carbocycles. The Kier molecular flexibility index (Phi) is 7.12. The summed E-state index contributed by atoms with van der Waals surface area (Å²) in [7, 11) is 1.40. The van der Waals surface area contributed by atoms with Crippen LogP contribution in [-0.4, -0.2) is 53.7 Å². The molecule has 1 heterocycles. The van der Waals surface area contributed by atoms with Crippen molar-refractivity contribution in [2.45, 2.75) is 23.0 Å². The number of methoxy groups -OCH3 is 1. The Bertz CT molecular complexity index is 495. The minimum Gasteiger partial charge on any atom is -0.468 e. The molecular weight excluding hydrogens is 318 g/mol. The van der Waals surface area contributed by atoms with E-state index in [1.807, 2.05) is 23.1 Å². The number of hydrogen-bond donors (Lipinski definition) is 0. The molecule has 0 unspecified atom stereocenters. The van der Waals surface area contributed by atoms with E-state index >= 15 is 0 Å². The third-order valence-corrected chi connectivity index (χ3v) is 5.76. The third-order valence-electron chi connectivity index (χ3n) is 3.49. The van der Waals surface area contributed by atoms with Crippen molar-refractivity contribution < 1.29 is 14.3 Å². The van der Waals surface area contributed by atoms with Gasteiger partial charge in [-0.15, -0.1) is 23.5 Å². The van der Waals surface area contributed by atoms with Crippen LogP contribution < -0.4 is 0 Å². The summed E-state index contributed by atoms with van der Waals surface area (Å²) in [6.07, 6.45) is 1.52. The number of benzene rings is 1. The van der Waals surface area contributed by atoms with Crippen molar-refractivity contribution >= 4 is 35.4 Å². The SMILES string of the molecule is COC(=O)CS[C@@H]1CCN(C(=O)CCSc2ccccc2)C1. The second-order valence-corrected chi connectivity index (χ2v) is 7.51. The second-order valence-electron chi connectivity index (χ2n) is 5.05. The highest BCUT2D eigenvalue weighted by molar-refractivity contribution is 8.00. The zero-order chi connectivity index (χ0) is 15.8. The fourth-order valence-corrected chi connectivity index (χ4v) is 4.18. The summed E-state index contributed by atoms with van der Waals surface area (Å²) < 4.78 is 4.64. The predicted octanol–water partition coefficient (Wildman–Crippen LogP) is 2.68. The van der Waals surface area contributed by atoms with Crippen molar-refractivity contribution in [3.63, 3.8) is 0 Å². The largest absolute Gasteiger partial charge is 0.468 e. The predicted molar refractivity (Wildman–Crippen MR) is 91.2 cm³/mol. The van der Waals surface area contributed by atoms with Crippen LogP contribution in [0.3, 0.4) is 0 Å². The molecule has 120 valence electrons. The van der Waals surface area contributed by atoms with E-state index in [1.54, 1.807) is 23.5 Å². The molecule has 1 aliphatic heterocycles. The van der Waals surface area contributed by atoms with Gasteiger partial charge in [0.1, 0.15) is 0 Å². The van der Waals surface area contributed by atoms with Gasteiger partial charge in [0.05, 0.1) is 12.9 Å². The lowest BCUT2D eigenvalue weighted by atomic mass is 10.4. The molecule has 0 bridgehead atoms. The van der Waals surface area contributed by atoms with E-state index in [-0.39, 0.29) is 11.9 Å². The van der Waals surface area contributed by atoms with Crippen LogP contribution in [0.4, 0.5) is 0 Å². The van der Waals surface area contributed by atoms with Crippen molar-refractivity contribution in [1.82, 2.24) is 4.90 Å². The third kappa shape index (κ3) is 5.57. The van der Waals surface area contributed by atoms with E-state index in [9.17, 15) is 9.59 Å². The van der Waals surface area contributed by atoms with Crippen molar-refractivity contribution in [2.75, 3.05) is 31.7 Å². The number of likely N-dealkylation sites (tertiary alicyclic amines) is 1. The van der Waals surface area contributed by atoms with Gasteiger partial charge < -0.3 is 9.64 Å². The first kappa shape index (κ1) is 17.2. The highest BCUT2D eigenvalue weighted by Crippen LogP contribution is 2.24. The maximum Gasteiger partial charge on any atom is 0.315 e.